The van der Waals surface area contributed by atoms with Crippen LogP contribution in [0.2, 0.25) is 0 Å². The summed E-state index contributed by atoms with van der Waals surface area (Å²) < 4.78 is 43.8. The molecule has 1 heterocycles. The van der Waals surface area contributed by atoms with Gasteiger partial charge in [-0.2, -0.15) is 0 Å². The number of fused-ring (bicyclic) bond motifs is 1. The second-order valence-electron chi connectivity index (χ2n) is 8.92. The molecule has 0 spiro atoms. The van der Waals surface area contributed by atoms with Gasteiger partial charge in [-0.3, -0.25) is 4.72 Å². The van der Waals surface area contributed by atoms with Crippen molar-refractivity contribution >= 4 is 37.1 Å². The number of sulfonamides is 1. The van der Waals surface area contributed by atoms with E-state index >= 15 is 0 Å². The first-order valence-electron chi connectivity index (χ1n) is 11.4. The minimum absolute atomic E-state index is 0.229. The number of aryl methyl sites for hydroxylation is 1. The average molecular weight is 475 g/mol. The summed E-state index contributed by atoms with van der Waals surface area (Å²) in [6, 6.07) is 11.9. The number of anilines is 1. The summed E-state index contributed by atoms with van der Waals surface area (Å²) in [5.41, 5.74) is 2.07. The molecule has 1 atom stereocenters. The third-order valence-electron chi connectivity index (χ3n) is 6.60. The minimum Gasteiger partial charge on any atom is -0.312 e. The summed E-state index contributed by atoms with van der Waals surface area (Å²) in [6.45, 7) is 5.57. The Balaban J connectivity index is 1.47. The molecule has 1 aromatic heterocycles. The van der Waals surface area contributed by atoms with Gasteiger partial charge < -0.3 is 5.32 Å². The van der Waals surface area contributed by atoms with Crippen LogP contribution in [0.5, 0.6) is 0 Å². The van der Waals surface area contributed by atoms with Gasteiger partial charge in [0, 0.05) is 11.2 Å². The lowest BCUT2D eigenvalue weighted by Crippen LogP contribution is -2.27. The molecule has 3 aromatic rings. The molecule has 1 saturated carbocycles. The first-order valence-corrected chi connectivity index (χ1v) is 13.6. The van der Waals surface area contributed by atoms with Crippen LogP contribution in [0.1, 0.15) is 50.2 Å². The molecule has 172 valence electrons. The van der Waals surface area contributed by atoms with Gasteiger partial charge >= 0.3 is 0 Å². The number of thiophene rings is 1. The fourth-order valence-electron chi connectivity index (χ4n) is 4.70. The SMILES string of the molecule is Cc1c(S(=O)(=O)Nc2ccccc2CNCC(C)C2CCCCC2)sc2ccc(F)cc12. The van der Waals surface area contributed by atoms with Gasteiger partial charge in [0.15, 0.2) is 0 Å². The number of rotatable bonds is 8. The maximum absolute atomic E-state index is 13.6. The van der Waals surface area contributed by atoms with Crippen molar-refractivity contribution in [2.75, 3.05) is 11.3 Å². The van der Waals surface area contributed by atoms with E-state index in [-0.39, 0.29) is 10.0 Å². The highest BCUT2D eigenvalue weighted by Gasteiger charge is 2.23. The lowest BCUT2D eigenvalue weighted by atomic mass is 9.81. The Morgan fingerprint density at radius 2 is 1.88 bits per heavy atom. The van der Waals surface area contributed by atoms with Crippen molar-refractivity contribution in [3.63, 3.8) is 0 Å². The highest BCUT2D eigenvalue weighted by atomic mass is 32.2. The maximum Gasteiger partial charge on any atom is 0.271 e. The molecule has 0 amide bonds. The van der Waals surface area contributed by atoms with Crippen LogP contribution in [0.25, 0.3) is 10.1 Å². The molecule has 1 aliphatic rings. The quantitative estimate of drug-likeness (QED) is 0.394. The average Bonchev–Trinajstić information content (AvgIpc) is 3.12. The molecule has 2 N–H and O–H groups in total. The predicted octanol–water partition coefficient (Wildman–Crippen LogP) is 6.46. The van der Waals surface area contributed by atoms with Crippen LogP contribution in [0, 0.1) is 24.6 Å². The summed E-state index contributed by atoms with van der Waals surface area (Å²) in [7, 11) is -3.78. The van der Waals surface area contributed by atoms with E-state index in [0.29, 0.717) is 29.1 Å². The summed E-state index contributed by atoms with van der Waals surface area (Å²) in [6.07, 6.45) is 6.67. The molecule has 0 radical (unpaired) electrons. The van der Waals surface area contributed by atoms with Crippen molar-refractivity contribution in [1.29, 1.82) is 0 Å². The molecule has 1 unspecified atom stereocenters. The molecule has 32 heavy (non-hydrogen) atoms. The minimum atomic E-state index is -3.78. The summed E-state index contributed by atoms with van der Waals surface area (Å²) in [4.78, 5) is 0. The standard InChI is InChI=1S/C25H31FN2O2S2/c1-17(19-8-4-3-5-9-19)15-27-16-20-10-6-7-11-23(20)28-32(29,30)25-18(2)22-14-21(26)12-13-24(22)31-25/h6-7,10-14,17,19,27-28H,3-5,8-9,15-16H2,1-2H3. The molecule has 1 aliphatic carbocycles. The fraction of sp³-hybridized carbons (Fsp3) is 0.440. The highest BCUT2D eigenvalue weighted by molar-refractivity contribution is 7.94. The van der Waals surface area contributed by atoms with Gasteiger partial charge in [-0.05, 0) is 66.1 Å². The molecule has 0 aliphatic heterocycles. The zero-order valence-electron chi connectivity index (χ0n) is 18.7. The molecular formula is C25H31FN2O2S2. The van der Waals surface area contributed by atoms with Crippen molar-refractivity contribution in [2.24, 2.45) is 11.8 Å². The largest absolute Gasteiger partial charge is 0.312 e. The van der Waals surface area contributed by atoms with Crippen molar-refractivity contribution < 1.29 is 12.8 Å². The summed E-state index contributed by atoms with van der Waals surface area (Å²) >= 11 is 1.17. The summed E-state index contributed by atoms with van der Waals surface area (Å²) in [5, 5.41) is 4.17. The van der Waals surface area contributed by atoms with Crippen LogP contribution in [0.4, 0.5) is 10.1 Å². The molecular weight excluding hydrogens is 443 g/mol. The third-order valence-corrected chi connectivity index (χ3v) is 9.86. The number of hydrogen-bond acceptors (Lipinski definition) is 4. The monoisotopic (exact) mass is 474 g/mol. The van der Waals surface area contributed by atoms with Crippen LogP contribution in [0.15, 0.2) is 46.7 Å². The lowest BCUT2D eigenvalue weighted by molar-refractivity contribution is 0.256. The Morgan fingerprint density at radius 1 is 1.12 bits per heavy atom. The van der Waals surface area contributed by atoms with Crippen LogP contribution in [-0.2, 0) is 16.6 Å². The smallest absolute Gasteiger partial charge is 0.271 e. The summed E-state index contributed by atoms with van der Waals surface area (Å²) in [5.74, 6) is 1.03. The van der Waals surface area contributed by atoms with E-state index in [2.05, 4.69) is 17.0 Å². The normalized spacial score (nSPS) is 16.3. The van der Waals surface area contributed by atoms with Crippen molar-refractivity contribution in [3.05, 3.63) is 59.4 Å². The van der Waals surface area contributed by atoms with Crippen molar-refractivity contribution in [3.8, 4) is 0 Å². The molecule has 1 fully saturated rings. The number of hydrogen-bond donors (Lipinski definition) is 2. The van der Waals surface area contributed by atoms with Gasteiger partial charge in [-0.1, -0.05) is 57.2 Å². The van der Waals surface area contributed by atoms with Crippen LogP contribution >= 0.6 is 11.3 Å². The fourth-order valence-corrected chi connectivity index (χ4v) is 7.54. The Bertz CT molecular complexity index is 1180. The maximum atomic E-state index is 13.6. The second kappa shape index (κ2) is 9.89. The molecule has 7 heteroatoms. The van der Waals surface area contributed by atoms with E-state index in [1.165, 1.54) is 55.6 Å². The van der Waals surface area contributed by atoms with Crippen molar-refractivity contribution in [1.82, 2.24) is 5.32 Å². The second-order valence-corrected chi connectivity index (χ2v) is 11.9. The number of para-hydroxylation sites is 1. The van der Waals surface area contributed by atoms with E-state index in [1.807, 2.05) is 18.2 Å². The van der Waals surface area contributed by atoms with E-state index in [9.17, 15) is 12.8 Å². The first kappa shape index (κ1) is 23.2. The van der Waals surface area contributed by atoms with E-state index in [0.717, 1.165) is 22.7 Å². The van der Waals surface area contributed by atoms with Gasteiger partial charge in [0.05, 0.1) is 5.69 Å². The number of benzene rings is 2. The zero-order chi connectivity index (χ0) is 22.7. The zero-order valence-corrected chi connectivity index (χ0v) is 20.3. The van der Waals surface area contributed by atoms with Crippen molar-refractivity contribution in [2.45, 2.75) is 56.7 Å². The molecule has 4 nitrogen and oxygen atoms in total. The Morgan fingerprint density at radius 3 is 2.66 bits per heavy atom. The number of nitrogens with one attached hydrogen (secondary N) is 2. The van der Waals surface area contributed by atoms with Crippen LogP contribution in [0.3, 0.4) is 0 Å². The van der Waals surface area contributed by atoms with Gasteiger partial charge in [-0.25, -0.2) is 12.8 Å². The Labute approximate surface area is 194 Å². The molecule has 0 bridgehead atoms. The van der Waals surface area contributed by atoms with E-state index in [4.69, 9.17) is 0 Å². The van der Waals surface area contributed by atoms with Gasteiger partial charge in [0.1, 0.15) is 10.0 Å². The predicted molar refractivity (Wildman–Crippen MR) is 131 cm³/mol. The van der Waals surface area contributed by atoms with E-state index < -0.39 is 10.0 Å². The Hall–Kier alpha value is -1.96. The van der Waals surface area contributed by atoms with Gasteiger partial charge in [-0.15, -0.1) is 11.3 Å². The third kappa shape index (κ3) is 5.16. The van der Waals surface area contributed by atoms with Gasteiger partial charge in [0.2, 0.25) is 0 Å². The number of halogens is 1. The van der Waals surface area contributed by atoms with Crippen LogP contribution < -0.4 is 10.0 Å². The molecule has 0 saturated heterocycles. The topological polar surface area (TPSA) is 58.2 Å². The highest BCUT2D eigenvalue weighted by Crippen LogP contribution is 2.36. The lowest BCUT2D eigenvalue weighted by Gasteiger charge is -2.28. The molecule has 2 aromatic carbocycles. The Kier molecular flexibility index (Phi) is 7.17. The van der Waals surface area contributed by atoms with E-state index in [1.54, 1.807) is 19.1 Å². The van der Waals surface area contributed by atoms with Crippen LogP contribution in [-0.4, -0.2) is 15.0 Å². The van der Waals surface area contributed by atoms with Gasteiger partial charge in [0.25, 0.3) is 10.0 Å². The first-order chi connectivity index (χ1) is 15.3. The molecule has 4 rings (SSSR count).